The van der Waals surface area contributed by atoms with Gasteiger partial charge in [0.1, 0.15) is 17.4 Å². The van der Waals surface area contributed by atoms with Gasteiger partial charge in [0.15, 0.2) is 0 Å². The fraction of sp³-hybridized carbons (Fsp3) is 0.385. The van der Waals surface area contributed by atoms with Crippen molar-refractivity contribution in [3.63, 3.8) is 0 Å². The van der Waals surface area contributed by atoms with Crippen LogP contribution in [0.2, 0.25) is 0 Å². The average Bonchev–Trinajstić information content (AvgIpc) is 2.72. The maximum absolute atomic E-state index is 12.7. The predicted molar refractivity (Wildman–Crippen MR) is 127 cm³/mol. The first kappa shape index (κ1) is 22.4. The third kappa shape index (κ3) is 4.59. The number of fused-ring (bicyclic) bond motifs is 1. The van der Waals surface area contributed by atoms with E-state index in [1.165, 1.54) is 11.3 Å². The number of amides is 1. The van der Waals surface area contributed by atoms with E-state index in [9.17, 15) is 10.1 Å². The fourth-order valence-electron chi connectivity index (χ4n) is 4.61. The molecule has 162 valence electrons. The lowest BCUT2D eigenvalue weighted by Crippen LogP contribution is -2.48. The Bertz CT molecular complexity index is 1060. The molecule has 0 fully saturated rings. The van der Waals surface area contributed by atoms with E-state index < -0.39 is 5.91 Å². The lowest BCUT2D eigenvalue weighted by atomic mass is 9.79. The second kappa shape index (κ2) is 8.85. The van der Waals surface area contributed by atoms with Crippen molar-refractivity contribution < 1.29 is 9.53 Å². The maximum Gasteiger partial charge on any atom is 0.266 e. The number of carbonyl (C=O) groups excluding carboxylic acids is 1. The Morgan fingerprint density at radius 2 is 2.10 bits per heavy atom. The highest BCUT2D eigenvalue weighted by atomic mass is 16.5. The zero-order chi connectivity index (χ0) is 22.8. The van der Waals surface area contributed by atoms with Crippen molar-refractivity contribution in [2.45, 2.75) is 52.5 Å². The average molecular weight is 418 g/mol. The molecule has 0 saturated heterocycles. The van der Waals surface area contributed by atoms with Gasteiger partial charge in [-0.3, -0.25) is 4.79 Å². The van der Waals surface area contributed by atoms with Crippen LogP contribution in [0.4, 0.5) is 11.4 Å². The minimum atomic E-state index is -0.433. The van der Waals surface area contributed by atoms with E-state index in [0.717, 1.165) is 24.1 Å². The van der Waals surface area contributed by atoms with Gasteiger partial charge in [0.2, 0.25) is 0 Å². The van der Waals surface area contributed by atoms with E-state index in [2.05, 4.69) is 56.1 Å². The molecule has 5 nitrogen and oxygen atoms in total. The number of rotatable bonds is 5. The van der Waals surface area contributed by atoms with Gasteiger partial charge >= 0.3 is 0 Å². The van der Waals surface area contributed by atoms with Crippen molar-refractivity contribution >= 4 is 23.4 Å². The zero-order valence-electron chi connectivity index (χ0n) is 19.2. The Morgan fingerprint density at radius 3 is 2.74 bits per heavy atom. The highest BCUT2D eigenvalue weighted by Gasteiger charge is 2.35. The molecule has 0 spiro atoms. The Hall–Kier alpha value is -3.26. The number of nitrogens with zero attached hydrogens (tertiary/aromatic N) is 2. The summed E-state index contributed by atoms with van der Waals surface area (Å²) in [4.78, 5) is 15.2. The van der Waals surface area contributed by atoms with E-state index in [0.29, 0.717) is 17.4 Å². The van der Waals surface area contributed by atoms with Gasteiger partial charge in [-0.25, -0.2) is 0 Å². The molecule has 0 saturated carbocycles. The molecule has 2 aromatic rings. The summed E-state index contributed by atoms with van der Waals surface area (Å²) >= 11 is 0. The Kier molecular flexibility index (Phi) is 6.40. The normalized spacial score (nSPS) is 17.5. The van der Waals surface area contributed by atoms with Gasteiger partial charge in [-0.05, 0) is 87.1 Å². The van der Waals surface area contributed by atoms with Crippen molar-refractivity contribution in [3.8, 4) is 11.8 Å². The van der Waals surface area contributed by atoms with E-state index in [1.54, 1.807) is 37.5 Å². The molecule has 0 radical (unpaired) electrons. The van der Waals surface area contributed by atoms with Crippen LogP contribution in [0, 0.1) is 18.3 Å². The molecule has 0 bridgehead atoms. The van der Waals surface area contributed by atoms with Crippen LogP contribution in [0.5, 0.6) is 5.75 Å². The molecule has 1 aliphatic rings. The number of carbonyl (C=O) groups is 1. The summed E-state index contributed by atoms with van der Waals surface area (Å²) in [6, 6.07) is 13.5. The Labute approximate surface area is 185 Å². The summed E-state index contributed by atoms with van der Waals surface area (Å²) in [6.07, 6.45) is 2.75. The van der Waals surface area contributed by atoms with Gasteiger partial charge < -0.3 is 15.0 Å². The monoisotopic (exact) mass is 417 g/mol. The Morgan fingerprint density at radius 1 is 1.35 bits per heavy atom. The van der Waals surface area contributed by atoms with Crippen LogP contribution in [0.25, 0.3) is 6.08 Å². The minimum absolute atomic E-state index is 0.0713. The van der Waals surface area contributed by atoms with Gasteiger partial charge in [-0.1, -0.05) is 13.0 Å². The number of ether oxygens (including phenoxy) is 1. The number of benzene rings is 2. The van der Waals surface area contributed by atoms with Crippen LogP contribution in [0.3, 0.4) is 0 Å². The summed E-state index contributed by atoms with van der Waals surface area (Å²) in [5.41, 5.74) is 5.22. The zero-order valence-corrected chi connectivity index (χ0v) is 19.2. The highest BCUT2D eigenvalue weighted by molar-refractivity contribution is 6.09. The van der Waals surface area contributed by atoms with E-state index in [4.69, 9.17) is 4.74 Å². The summed E-state index contributed by atoms with van der Waals surface area (Å²) < 4.78 is 5.20. The lowest BCUT2D eigenvalue weighted by Gasteiger charge is -2.47. The maximum atomic E-state index is 12.7. The van der Waals surface area contributed by atoms with Gasteiger partial charge in [0.05, 0.1) is 7.11 Å². The number of methoxy groups -OCH3 is 1. The largest absolute Gasteiger partial charge is 0.497 e. The second-order valence-electron chi connectivity index (χ2n) is 8.79. The Balaban J connectivity index is 1.95. The minimum Gasteiger partial charge on any atom is -0.497 e. The lowest BCUT2D eigenvalue weighted by molar-refractivity contribution is -0.112. The summed E-state index contributed by atoms with van der Waals surface area (Å²) in [5, 5.41) is 12.4. The molecule has 1 atom stereocenters. The molecule has 1 amide bonds. The van der Waals surface area contributed by atoms with E-state index in [1.807, 2.05) is 6.92 Å². The van der Waals surface area contributed by atoms with Crippen molar-refractivity contribution in [1.29, 1.82) is 5.26 Å². The van der Waals surface area contributed by atoms with Crippen LogP contribution >= 0.6 is 0 Å². The number of anilines is 2. The number of aryl methyl sites for hydroxylation is 1. The third-order valence-corrected chi connectivity index (χ3v) is 6.08. The SMILES string of the molecule is CCN1c2cc(C)c(/C=C(/C#N)C(=O)Nc3cccc(OC)c3)cc2[C@@H](C)CC1(C)C. The molecule has 1 heterocycles. The molecular weight excluding hydrogens is 386 g/mol. The standard InChI is InChI=1S/C26H31N3O2/c1-7-29-24-11-17(2)19(13-23(24)18(3)15-26(29,4)5)12-20(16-27)25(30)28-21-9-8-10-22(14-21)31-6/h8-14,18H,7,15H2,1-6H3,(H,28,30)/b20-12-/t18-/m0/s1. The van der Waals surface area contributed by atoms with Crippen LogP contribution in [0.1, 0.15) is 56.7 Å². The second-order valence-corrected chi connectivity index (χ2v) is 8.79. The van der Waals surface area contributed by atoms with Gasteiger partial charge in [-0.15, -0.1) is 0 Å². The van der Waals surface area contributed by atoms with Crippen LogP contribution in [-0.4, -0.2) is 25.1 Å². The van der Waals surface area contributed by atoms with Crippen LogP contribution < -0.4 is 15.0 Å². The molecule has 0 unspecified atom stereocenters. The highest BCUT2D eigenvalue weighted by Crippen LogP contribution is 2.44. The molecule has 0 aromatic heterocycles. The molecule has 1 N–H and O–H groups in total. The summed E-state index contributed by atoms with van der Waals surface area (Å²) in [7, 11) is 1.57. The summed E-state index contributed by atoms with van der Waals surface area (Å²) in [5.74, 6) is 0.608. The van der Waals surface area contributed by atoms with E-state index >= 15 is 0 Å². The van der Waals surface area contributed by atoms with E-state index in [-0.39, 0.29) is 11.1 Å². The van der Waals surface area contributed by atoms with Crippen LogP contribution in [-0.2, 0) is 4.79 Å². The number of hydrogen-bond donors (Lipinski definition) is 1. The molecule has 0 aliphatic carbocycles. The molecular formula is C26H31N3O2. The van der Waals surface area contributed by atoms with Gasteiger partial charge in [-0.2, -0.15) is 5.26 Å². The molecule has 1 aliphatic heterocycles. The van der Waals surface area contributed by atoms with Crippen molar-refractivity contribution in [2.75, 3.05) is 23.9 Å². The first-order valence-electron chi connectivity index (χ1n) is 10.7. The topological polar surface area (TPSA) is 65.4 Å². The summed E-state index contributed by atoms with van der Waals surface area (Å²) in [6.45, 7) is 12.0. The van der Waals surface area contributed by atoms with Gasteiger partial charge in [0.25, 0.3) is 5.91 Å². The third-order valence-electron chi connectivity index (χ3n) is 6.08. The first-order chi connectivity index (χ1) is 14.7. The number of nitrogens with one attached hydrogen (secondary N) is 1. The quantitative estimate of drug-likeness (QED) is 0.503. The smallest absolute Gasteiger partial charge is 0.266 e. The molecule has 2 aromatic carbocycles. The molecule has 31 heavy (non-hydrogen) atoms. The fourth-order valence-corrected chi connectivity index (χ4v) is 4.61. The molecule has 3 rings (SSSR count). The van der Waals surface area contributed by atoms with Crippen LogP contribution in [0.15, 0.2) is 42.0 Å². The van der Waals surface area contributed by atoms with Crippen molar-refractivity contribution in [3.05, 3.63) is 58.7 Å². The van der Waals surface area contributed by atoms with Crippen molar-refractivity contribution in [1.82, 2.24) is 0 Å². The van der Waals surface area contributed by atoms with Crippen molar-refractivity contribution in [2.24, 2.45) is 0 Å². The number of nitriles is 1. The number of hydrogen-bond acceptors (Lipinski definition) is 4. The molecule has 5 heteroatoms. The first-order valence-corrected chi connectivity index (χ1v) is 10.7. The van der Waals surface area contributed by atoms with Gasteiger partial charge in [0, 0.05) is 29.5 Å². The predicted octanol–water partition coefficient (Wildman–Crippen LogP) is 5.66.